The van der Waals surface area contributed by atoms with Gasteiger partial charge in [-0.2, -0.15) is 0 Å². The highest BCUT2D eigenvalue weighted by molar-refractivity contribution is 8.18. The van der Waals surface area contributed by atoms with Gasteiger partial charge in [-0.3, -0.25) is 29.0 Å². The normalized spacial score (nSPS) is 17.8. The monoisotopic (exact) mass is 506 g/mol. The maximum Gasteiger partial charge on any atom is 0.293 e. The van der Waals surface area contributed by atoms with Crippen LogP contribution in [0.1, 0.15) is 35.3 Å². The van der Waals surface area contributed by atoms with Gasteiger partial charge in [-0.25, -0.2) is 0 Å². The van der Waals surface area contributed by atoms with Gasteiger partial charge in [0, 0.05) is 37.8 Å². The number of carbonyl (C=O) groups excluding carboxylic acids is 4. The van der Waals surface area contributed by atoms with E-state index in [1.807, 2.05) is 44.2 Å². The van der Waals surface area contributed by atoms with Gasteiger partial charge >= 0.3 is 0 Å². The summed E-state index contributed by atoms with van der Waals surface area (Å²) < 4.78 is 0. The largest absolute Gasteiger partial charge is 0.353 e. The molecule has 4 rings (SSSR count). The Balaban J connectivity index is 1.33. The Hall–Kier alpha value is -3.43. The molecule has 2 heterocycles. The number of nitrogens with zero attached hydrogens (tertiary/aromatic N) is 3. The van der Waals surface area contributed by atoms with Crippen LogP contribution in [0.25, 0.3) is 6.08 Å². The summed E-state index contributed by atoms with van der Waals surface area (Å²) >= 11 is 0.927. The van der Waals surface area contributed by atoms with E-state index in [1.165, 1.54) is 4.90 Å². The first kappa shape index (κ1) is 25.7. The number of hydrogen-bond acceptors (Lipinski definition) is 6. The molecule has 2 fully saturated rings. The summed E-state index contributed by atoms with van der Waals surface area (Å²) in [6.07, 6.45) is 1.69. The summed E-state index contributed by atoms with van der Waals surface area (Å²) in [5, 5.41) is 2.60. The number of hydrogen-bond donors (Lipinski definition) is 1. The van der Waals surface area contributed by atoms with E-state index in [0.29, 0.717) is 43.2 Å². The standard InChI is InChI=1S/C27H30N4O4S/c1-19(2)28-24(32)18-29-12-14-30(15-13-29)25(33)22-10-8-20(9-11-22)16-23-26(34)31(27(35)36-23)17-21-6-4-3-5-7-21/h3-11,16,19H,12-15,17-18H2,1-2H3,(H,28,32)/b23-16-. The fourth-order valence-electron chi connectivity index (χ4n) is 4.14. The third-order valence-electron chi connectivity index (χ3n) is 5.99. The van der Waals surface area contributed by atoms with Crippen molar-refractivity contribution in [2.24, 2.45) is 0 Å². The Morgan fingerprint density at radius 1 is 0.972 bits per heavy atom. The highest BCUT2D eigenvalue weighted by Crippen LogP contribution is 2.33. The minimum Gasteiger partial charge on any atom is -0.353 e. The number of amides is 4. The van der Waals surface area contributed by atoms with E-state index < -0.39 is 0 Å². The Morgan fingerprint density at radius 2 is 1.64 bits per heavy atom. The number of benzene rings is 2. The fourth-order valence-corrected chi connectivity index (χ4v) is 4.98. The third-order valence-corrected chi connectivity index (χ3v) is 6.90. The molecule has 0 radical (unpaired) electrons. The van der Waals surface area contributed by atoms with Crippen molar-refractivity contribution >= 4 is 40.8 Å². The van der Waals surface area contributed by atoms with E-state index in [2.05, 4.69) is 10.2 Å². The van der Waals surface area contributed by atoms with E-state index in [-0.39, 0.29) is 35.5 Å². The van der Waals surface area contributed by atoms with Crippen LogP contribution in [0.15, 0.2) is 59.5 Å². The van der Waals surface area contributed by atoms with Crippen LogP contribution in [0.4, 0.5) is 4.79 Å². The molecule has 36 heavy (non-hydrogen) atoms. The molecule has 0 saturated carbocycles. The van der Waals surface area contributed by atoms with Crippen LogP contribution in [0.2, 0.25) is 0 Å². The molecule has 9 heteroatoms. The molecule has 1 N–H and O–H groups in total. The molecule has 188 valence electrons. The van der Waals surface area contributed by atoms with Crippen molar-refractivity contribution in [1.82, 2.24) is 20.0 Å². The van der Waals surface area contributed by atoms with Gasteiger partial charge in [0.2, 0.25) is 5.91 Å². The predicted octanol–water partition coefficient (Wildman–Crippen LogP) is 3.21. The second-order valence-corrected chi connectivity index (χ2v) is 10.2. The minimum atomic E-state index is -0.311. The molecule has 2 aromatic rings. The SMILES string of the molecule is CC(C)NC(=O)CN1CCN(C(=O)c2ccc(/C=C3\SC(=O)N(Cc4ccccc4)C3=O)cc2)CC1. The van der Waals surface area contributed by atoms with E-state index in [4.69, 9.17) is 0 Å². The Bertz CT molecular complexity index is 1160. The number of imide groups is 1. The number of rotatable bonds is 7. The van der Waals surface area contributed by atoms with Gasteiger partial charge in [-0.1, -0.05) is 42.5 Å². The van der Waals surface area contributed by atoms with E-state index in [1.54, 1.807) is 35.2 Å². The second-order valence-electron chi connectivity index (χ2n) is 9.17. The Labute approximate surface area is 215 Å². The van der Waals surface area contributed by atoms with Crippen molar-refractivity contribution in [3.05, 3.63) is 76.2 Å². The first-order chi connectivity index (χ1) is 17.3. The molecule has 0 aromatic heterocycles. The van der Waals surface area contributed by atoms with Crippen molar-refractivity contribution in [3.8, 4) is 0 Å². The summed E-state index contributed by atoms with van der Waals surface area (Å²) in [5.74, 6) is -0.372. The lowest BCUT2D eigenvalue weighted by molar-refractivity contribution is -0.124. The molecule has 0 bridgehead atoms. The van der Waals surface area contributed by atoms with Crippen LogP contribution in [-0.4, -0.2) is 76.4 Å². The van der Waals surface area contributed by atoms with E-state index >= 15 is 0 Å². The van der Waals surface area contributed by atoms with Crippen molar-refractivity contribution in [2.45, 2.75) is 26.4 Å². The summed E-state index contributed by atoms with van der Waals surface area (Å²) in [4.78, 5) is 55.5. The molecule has 4 amide bonds. The number of nitrogens with one attached hydrogen (secondary N) is 1. The summed E-state index contributed by atoms with van der Waals surface area (Å²) in [6, 6.07) is 16.6. The lowest BCUT2D eigenvalue weighted by Crippen LogP contribution is -2.51. The van der Waals surface area contributed by atoms with Crippen LogP contribution >= 0.6 is 11.8 Å². The highest BCUT2D eigenvalue weighted by Gasteiger charge is 2.35. The summed E-state index contributed by atoms with van der Waals surface area (Å²) in [7, 11) is 0. The number of piperazine rings is 1. The lowest BCUT2D eigenvalue weighted by Gasteiger charge is -2.34. The van der Waals surface area contributed by atoms with Crippen molar-refractivity contribution in [1.29, 1.82) is 0 Å². The van der Waals surface area contributed by atoms with Crippen molar-refractivity contribution in [2.75, 3.05) is 32.7 Å². The van der Waals surface area contributed by atoms with Crippen molar-refractivity contribution < 1.29 is 19.2 Å². The molecule has 0 aliphatic carbocycles. The van der Waals surface area contributed by atoms with Crippen LogP contribution in [0.3, 0.4) is 0 Å². The van der Waals surface area contributed by atoms with Gasteiger partial charge in [-0.05, 0) is 54.9 Å². The van der Waals surface area contributed by atoms with Crippen molar-refractivity contribution in [3.63, 3.8) is 0 Å². The predicted molar refractivity (Wildman–Crippen MR) is 140 cm³/mol. The average Bonchev–Trinajstić information content (AvgIpc) is 3.12. The number of thioether (sulfide) groups is 1. The number of carbonyl (C=O) groups is 4. The van der Waals surface area contributed by atoms with Gasteiger partial charge in [0.15, 0.2) is 0 Å². The topological polar surface area (TPSA) is 90.0 Å². The molecular weight excluding hydrogens is 476 g/mol. The maximum absolute atomic E-state index is 12.9. The molecule has 2 aliphatic heterocycles. The highest BCUT2D eigenvalue weighted by atomic mass is 32.2. The second kappa shape index (κ2) is 11.5. The lowest BCUT2D eigenvalue weighted by atomic mass is 10.1. The maximum atomic E-state index is 12.9. The van der Waals surface area contributed by atoms with Gasteiger partial charge in [0.05, 0.1) is 18.0 Å². The van der Waals surface area contributed by atoms with E-state index in [9.17, 15) is 19.2 Å². The zero-order valence-electron chi connectivity index (χ0n) is 20.5. The zero-order chi connectivity index (χ0) is 25.7. The molecule has 0 atom stereocenters. The minimum absolute atomic E-state index is 0.00159. The van der Waals surface area contributed by atoms with Crippen LogP contribution in [-0.2, 0) is 16.1 Å². The quantitative estimate of drug-likeness (QED) is 0.580. The fraction of sp³-hybridized carbons (Fsp3) is 0.333. The molecule has 2 saturated heterocycles. The molecule has 2 aliphatic rings. The van der Waals surface area contributed by atoms with E-state index in [0.717, 1.165) is 22.9 Å². The molecular formula is C27H30N4O4S. The van der Waals surface area contributed by atoms with Crippen LogP contribution < -0.4 is 5.32 Å². The molecule has 0 spiro atoms. The van der Waals surface area contributed by atoms with Gasteiger partial charge in [0.25, 0.3) is 17.1 Å². The molecule has 0 unspecified atom stereocenters. The van der Waals surface area contributed by atoms with Gasteiger partial charge < -0.3 is 10.2 Å². The molecule has 2 aromatic carbocycles. The smallest absolute Gasteiger partial charge is 0.293 e. The zero-order valence-corrected chi connectivity index (χ0v) is 21.3. The summed E-state index contributed by atoms with van der Waals surface area (Å²) in [5.41, 5.74) is 2.21. The van der Waals surface area contributed by atoms with Crippen LogP contribution in [0.5, 0.6) is 0 Å². The Morgan fingerprint density at radius 3 is 2.28 bits per heavy atom. The first-order valence-corrected chi connectivity index (χ1v) is 12.8. The average molecular weight is 507 g/mol. The molecule has 8 nitrogen and oxygen atoms in total. The summed E-state index contributed by atoms with van der Waals surface area (Å²) in [6.45, 7) is 6.86. The van der Waals surface area contributed by atoms with Gasteiger partial charge in [-0.15, -0.1) is 0 Å². The third kappa shape index (κ3) is 6.41. The first-order valence-electron chi connectivity index (χ1n) is 12.0. The van der Waals surface area contributed by atoms with Gasteiger partial charge in [0.1, 0.15) is 0 Å². The Kier molecular flexibility index (Phi) is 8.22. The van der Waals surface area contributed by atoms with Crippen LogP contribution in [0, 0.1) is 0 Å².